The first kappa shape index (κ1) is 16.4. The molecule has 3 nitrogen and oxygen atoms in total. The van der Waals surface area contributed by atoms with Crippen molar-refractivity contribution in [1.82, 2.24) is 5.32 Å². The first-order valence-electron chi connectivity index (χ1n) is 7.04. The Morgan fingerprint density at radius 2 is 1.94 bits per heavy atom. The zero-order chi connectivity index (χ0) is 13.3. The summed E-state index contributed by atoms with van der Waals surface area (Å²) in [5, 5.41) is 3.06. The van der Waals surface area contributed by atoms with Gasteiger partial charge in [0.1, 0.15) is 0 Å². The molecule has 2 unspecified atom stereocenters. The van der Waals surface area contributed by atoms with Crippen LogP contribution in [0.2, 0.25) is 0 Å². The van der Waals surface area contributed by atoms with Gasteiger partial charge in [-0.3, -0.25) is 4.79 Å². The van der Waals surface area contributed by atoms with Crippen molar-refractivity contribution < 1.29 is 4.79 Å². The number of hydrogen-bond donors (Lipinski definition) is 2. The van der Waals surface area contributed by atoms with Crippen molar-refractivity contribution >= 4 is 5.91 Å². The van der Waals surface area contributed by atoms with Crippen LogP contribution in [-0.4, -0.2) is 19.0 Å². The minimum Gasteiger partial charge on any atom is -0.356 e. The van der Waals surface area contributed by atoms with Gasteiger partial charge in [-0.25, -0.2) is 0 Å². The maximum atomic E-state index is 11.9. The van der Waals surface area contributed by atoms with E-state index in [0.717, 1.165) is 13.0 Å². The number of amides is 1. The summed E-state index contributed by atoms with van der Waals surface area (Å²) >= 11 is 0. The Morgan fingerprint density at radius 3 is 2.35 bits per heavy atom. The number of nitrogens with one attached hydrogen (secondary N) is 1. The largest absolute Gasteiger partial charge is 0.356 e. The van der Waals surface area contributed by atoms with E-state index in [4.69, 9.17) is 5.73 Å². The highest BCUT2D eigenvalue weighted by Gasteiger charge is 2.20. The first-order chi connectivity index (χ1) is 8.06. The molecule has 3 N–H and O–H groups in total. The maximum absolute atomic E-state index is 11.9. The van der Waals surface area contributed by atoms with Gasteiger partial charge in [0.15, 0.2) is 0 Å². The first-order valence-corrected chi connectivity index (χ1v) is 7.04. The number of rotatable bonds is 9. The van der Waals surface area contributed by atoms with Crippen LogP contribution in [0.5, 0.6) is 0 Å². The summed E-state index contributed by atoms with van der Waals surface area (Å²) in [6.07, 6.45) is 4.82. The molecule has 0 aromatic heterocycles. The van der Waals surface area contributed by atoms with Gasteiger partial charge < -0.3 is 11.1 Å². The molecule has 0 heterocycles. The van der Waals surface area contributed by atoms with Crippen molar-refractivity contribution in [3.63, 3.8) is 0 Å². The fourth-order valence-corrected chi connectivity index (χ4v) is 2.00. The molecule has 0 fully saturated rings. The summed E-state index contributed by atoms with van der Waals surface area (Å²) in [7, 11) is 0. The van der Waals surface area contributed by atoms with Crippen LogP contribution in [-0.2, 0) is 4.79 Å². The average Bonchev–Trinajstić information content (AvgIpc) is 2.29. The molecule has 0 aliphatic carbocycles. The van der Waals surface area contributed by atoms with Gasteiger partial charge in [0, 0.05) is 13.1 Å². The van der Waals surface area contributed by atoms with E-state index in [-0.39, 0.29) is 11.8 Å². The molecular formula is C14H30N2O. The van der Waals surface area contributed by atoms with Gasteiger partial charge in [0.2, 0.25) is 5.91 Å². The number of nitrogens with two attached hydrogens (primary N) is 1. The second kappa shape index (κ2) is 9.46. The van der Waals surface area contributed by atoms with Crippen LogP contribution < -0.4 is 11.1 Å². The molecule has 102 valence electrons. The van der Waals surface area contributed by atoms with Gasteiger partial charge in [0.05, 0.1) is 5.92 Å². The van der Waals surface area contributed by atoms with Gasteiger partial charge >= 0.3 is 0 Å². The van der Waals surface area contributed by atoms with E-state index in [0.29, 0.717) is 18.4 Å². The van der Waals surface area contributed by atoms with Crippen LogP contribution in [0.4, 0.5) is 0 Å². The summed E-state index contributed by atoms with van der Waals surface area (Å²) in [5.74, 6) is 1.01. The third-order valence-electron chi connectivity index (χ3n) is 3.50. The zero-order valence-electron chi connectivity index (χ0n) is 12.0. The van der Waals surface area contributed by atoms with Crippen molar-refractivity contribution in [2.45, 2.75) is 53.4 Å². The van der Waals surface area contributed by atoms with Crippen molar-refractivity contribution in [2.75, 3.05) is 13.1 Å². The molecule has 0 saturated heterocycles. The highest BCUT2D eigenvalue weighted by Crippen LogP contribution is 2.13. The van der Waals surface area contributed by atoms with Crippen LogP contribution >= 0.6 is 0 Å². The monoisotopic (exact) mass is 242 g/mol. The molecular weight excluding hydrogens is 212 g/mol. The smallest absolute Gasteiger partial charge is 0.224 e. The van der Waals surface area contributed by atoms with E-state index in [2.05, 4.69) is 19.2 Å². The molecule has 0 rings (SSSR count). The fraction of sp³-hybridized carbons (Fsp3) is 0.929. The SMILES string of the molecule is CCCCC(CC)CNC(=O)C(CN)C(C)C. The van der Waals surface area contributed by atoms with Gasteiger partial charge in [0.25, 0.3) is 0 Å². The lowest BCUT2D eigenvalue weighted by molar-refractivity contribution is -0.126. The topological polar surface area (TPSA) is 55.1 Å². The second-order valence-electron chi connectivity index (χ2n) is 5.25. The Hall–Kier alpha value is -0.570. The molecule has 0 saturated carbocycles. The van der Waals surface area contributed by atoms with Gasteiger partial charge in [-0.05, 0) is 18.3 Å². The highest BCUT2D eigenvalue weighted by molar-refractivity contribution is 5.79. The Bertz CT molecular complexity index is 204. The third kappa shape index (κ3) is 6.67. The third-order valence-corrected chi connectivity index (χ3v) is 3.50. The molecule has 0 aromatic rings. The van der Waals surface area contributed by atoms with Crippen LogP contribution in [0.3, 0.4) is 0 Å². The number of carbonyl (C=O) groups excluding carboxylic acids is 1. The number of carbonyl (C=O) groups is 1. The maximum Gasteiger partial charge on any atom is 0.224 e. The van der Waals surface area contributed by atoms with E-state index in [1.807, 2.05) is 13.8 Å². The van der Waals surface area contributed by atoms with Crippen LogP contribution in [0.15, 0.2) is 0 Å². The predicted molar refractivity (Wildman–Crippen MR) is 73.7 cm³/mol. The summed E-state index contributed by atoms with van der Waals surface area (Å²) in [6.45, 7) is 9.73. The Morgan fingerprint density at radius 1 is 1.29 bits per heavy atom. The van der Waals surface area contributed by atoms with Crippen molar-refractivity contribution in [2.24, 2.45) is 23.5 Å². The highest BCUT2D eigenvalue weighted by atomic mass is 16.1. The summed E-state index contributed by atoms with van der Waals surface area (Å²) in [6, 6.07) is 0. The van der Waals surface area contributed by atoms with Gasteiger partial charge in [-0.15, -0.1) is 0 Å². The van der Waals surface area contributed by atoms with Crippen LogP contribution in [0.25, 0.3) is 0 Å². The minimum absolute atomic E-state index is 0.0429. The summed E-state index contributed by atoms with van der Waals surface area (Å²) in [4.78, 5) is 11.9. The van der Waals surface area contributed by atoms with E-state index in [1.54, 1.807) is 0 Å². The molecule has 0 aromatic carbocycles. The fourth-order valence-electron chi connectivity index (χ4n) is 2.00. The lowest BCUT2D eigenvalue weighted by atomic mass is 9.94. The van der Waals surface area contributed by atoms with Crippen molar-refractivity contribution in [1.29, 1.82) is 0 Å². The molecule has 1 amide bonds. The second-order valence-corrected chi connectivity index (χ2v) is 5.25. The normalized spacial score (nSPS) is 14.7. The zero-order valence-corrected chi connectivity index (χ0v) is 12.0. The quantitative estimate of drug-likeness (QED) is 0.653. The number of unbranched alkanes of at least 4 members (excludes halogenated alkanes) is 1. The Kier molecular flexibility index (Phi) is 9.14. The molecule has 0 aliphatic rings. The van der Waals surface area contributed by atoms with Gasteiger partial charge in [-0.1, -0.05) is 47.0 Å². The Balaban J connectivity index is 4.02. The van der Waals surface area contributed by atoms with Crippen LogP contribution in [0.1, 0.15) is 53.4 Å². The predicted octanol–water partition coefficient (Wildman–Crippen LogP) is 2.55. The molecule has 0 aliphatic heterocycles. The lowest BCUT2D eigenvalue weighted by Gasteiger charge is -2.21. The summed E-state index contributed by atoms with van der Waals surface area (Å²) in [5.41, 5.74) is 5.63. The van der Waals surface area contributed by atoms with E-state index in [1.165, 1.54) is 19.3 Å². The average molecular weight is 242 g/mol. The van der Waals surface area contributed by atoms with Gasteiger partial charge in [-0.2, -0.15) is 0 Å². The van der Waals surface area contributed by atoms with Crippen molar-refractivity contribution in [3.05, 3.63) is 0 Å². The van der Waals surface area contributed by atoms with Crippen LogP contribution in [0, 0.1) is 17.8 Å². The Labute approximate surface area is 107 Å². The van der Waals surface area contributed by atoms with E-state index >= 15 is 0 Å². The molecule has 17 heavy (non-hydrogen) atoms. The molecule has 2 atom stereocenters. The standard InChI is InChI=1S/C14H30N2O/c1-5-7-8-12(6-2)10-16-14(17)13(9-15)11(3)4/h11-13H,5-10,15H2,1-4H3,(H,16,17). The van der Waals surface area contributed by atoms with Crippen molar-refractivity contribution in [3.8, 4) is 0 Å². The van der Waals surface area contributed by atoms with E-state index in [9.17, 15) is 4.79 Å². The minimum atomic E-state index is -0.0429. The molecule has 0 radical (unpaired) electrons. The number of hydrogen-bond acceptors (Lipinski definition) is 2. The molecule has 0 spiro atoms. The summed E-state index contributed by atoms with van der Waals surface area (Å²) < 4.78 is 0. The molecule has 3 heteroatoms. The lowest BCUT2D eigenvalue weighted by Crippen LogP contribution is -2.40. The van der Waals surface area contributed by atoms with E-state index < -0.39 is 0 Å². The molecule has 0 bridgehead atoms.